The normalized spacial score (nSPS) is 13.6. The molecule has 0 unspecified atom stereocenters. The summed E-state index contributed by atoms with van der Waals surface area (Å²) in [6.45, 7) is -0.0655. The summed E-state index contributed by atoms with van der Waals surface area (Å²) in [5, 5.41) is 14.7. The van der Waals surface area contributed by atoms with Gasteiger partial charge in [-0.3, -0.25) is 14.9 Å². The zero-order valence-corrected chi connectivity index (χ0v) is 12.7. The van der Waals surface area contributed by atoms with E-state index in [2.05, 4.69) is 20.8 Å². The predicted molar refractivity (Wildman–Crippen MR) is 83.7 cm³/mol. The second-order valence-corrected chi connectivity index (χ2v) is 6.22. The minimum atomic E-state index is -0.292. The third kappa shape index (κ3) is 4.11. The van der Waals surface area contributed by atoms with Gasteiger partial charge in [-0.1, -0.05) is 41.7 Å². The van der Waals surface area contributed by atoms with Gasteiger partial charge in [-0.2, -0.15) is 0 Å². The number of rotatable bonds is 6. The zero-order chi connectivity index (χ0) is 15.4. The molecule has 1 aromatic carbocycles. The molecule has 2 amide bonds. The van der Waals surface area contributed by atoms with E-state index in [0.29, 0.717) is 11.0 Å². The maximum Gasteiger partial charge on any atom is 0.245 e. The van der Waals surface area contributed by atoms with Crippen molar-refractivity contribution < 1.29 is 9.59 Å². The molecular formula is C15H16N4O2S. The summed E-state index contributed by atoms with van der Waals surface area (Å²) in [6, 6.07) is 9.40. The summed E-state index contributed by atoms with van der Waals surface area (Å²) in [5.74, 6) is 0.0471. The lowest BCUT2D eigenvalue weighted by molar-refractivity contribution is -0.123. The fourth-order valence-electron chi connectivity index (χ4n) is 1.97. The van der Waals surface area contributed by atoms with E-state index in [-0.39, 0.29) is 24.8 Å². The smallest absolute Gasteiger partial charge is 0.245 e. The maximum absolute atomic E-state index is 11.8. The molecule has 7 heteroatoms. The minimum absolute atomic E-state index is 0.0655. The first kappa shape index (κ1) is 14.6. The Hall–Kier alpha value is -2.28. The second kappa shape index (κ2) is 6.65. The number of amides is 2. The van der Waals surface area contributed by atoms with Gasteiger partial charge in [0.25, 0.3) is 0 Å². The van der Waals surface area contributed by atoms with Crippen molar-refractivity contribution in [1.29, 1.82) is 0 Å². The maximum atomic E-state index is 11.8. The van der Waals surface area contributed by atoms with Crippen molar-refractivity contribution in [1.82, 2.24) is 15.5 Å². The summed E-state index contributed by atoms with van der Waals surface area (Å²) < 4.78 is 0. The number of hydrogen-bond donors (Lipinski definition) is 2. The highest BCUT2D eigenvalue weighted by Crippen LogP contribution is 2.41. The molecule has 1 heterocycles. The molecule has 6 nitrogen and oxygen atoms in total. The van der Waals surface area contributed by atoms with Crippen LogP contribution in [-0.4, -0.2) is 28.6 Å². The number of hydrogen-bond acceptors (Lipinski definition) is 5. The van der Waals surface area contributed by atoms with E-state index in [4.69, 9.17) is 0 Å². The van der Waals surface area contributed by atoms with Gasteiger partial charge in [0.1, 0.15) is 5.01 Å². The Labute approximate surface area is 132 Å². The molecule has 2 aromatic rings. The van der Waals surface area contributed by atoms with Gasteiger partial charge in [-0.15, -0.1) is 10.2 Å². The fourth-order valence-corrected chi connectivity index (χ4v) is 2.90. The molecule has 0 atom stereocenters. The number of benzene rings is 1. The zero-order valence-electron chi connectivity index (χ0n) is 11.9. The van der Waals surface area contributed by atoms with E-state index in [1.165, 1.54) is 11.3 Å². The molecule has 0 saturated heterocycles. The van der Waals surface area contributed by atoms with Crippen LogP contribution in [0.15, 0.2) is 30.3 Å². The van der Waals surface area contributed by atoms with Gasteiger partial charge in [0.05, 0.1) is 13.0 Å². The van der Waals surface area contributed by atoms with Crippen LogP contribution in [0.3, 0.4) is 0 Å². The molecule has 114 valence electrons. The van der Waals surface area contributed by atoms with Crippen LogP contribution in [0.2, 0.25) is 0 Å². The van der Waals surface area contributed by atoms with Crippen LogP contribution in [0, 0.1) is 0 Å². The number of aromatic nitrogens is 2. The first-order valence-electron chi connectivity index (χ1n) is 7.14. The summed E-state index contributed by atoms with van der Waals surface area (Å²) >= 11 is 1.40. The van der Waals surface area contributed by atoms with Crippen molar-refractivity contribution in [3.8, 4) is 0 Å². The van der Waals surface area contributed by atoms with Crippen LogP contribution in [0.25, 0.3) is 0 Å². The Kier molecular flexibility index (Phi) is 4.43. The highest BCUT2D eigenvalue weighted by molar-refractivity contribution is 7.15. The van der Waals surface area contributed by atoms with Gasteiger partial charge in [-0.25, -0.2) is 0 Å². The number of nitrogens with zero attached hydrogens (tertiary/aromatic N) is 2. The highest BCUT2D eigenvalue weighted by Gasteiger charge is 2.27. The van der Waals surface area contributed by atoms with Crippen LogP contribution in [0.1, 0.15) is 29.3 Å². The topological polar surface area (TPSA) is 84.0 Å². The monoisotopic (exact) mass is 316 g/mol. The highest BCUT2D eigenvalue weighted by atomic mass is 32.1. The minimum Gasteiger partial charge on any atom is -0.347 e. The first-order chi connectivity index (χ1) is 10.7. The van der Waals surface area contributed by atoms with Crippen molar-refractivity contribution in [2.45, 2.75) is 25.2 Å². The molecule has 22 heavy (non-hydrogen) atoms. The lowest BCUT2D eigenvalue weighted by Gasteiger charge is -2.04. The van der Waals surface area contributed by atoms with Crippen molar-refractivity contribution >= 4 is 28.3 Å². The third-order valence-electron chi connectivity index (χ3n) is 3.27. The lowest BCUT2D eigenvalue weighted by Crippen LogP contribution is -2.33. The quantitative estimate of drug-likeness (QED) is 0.850. The largest absolute Gasteiger partial charge is 0.347 e. The summed E-state index contributed by atoms with van der Waals surface area (Å²) in [5.41, 5.74) is 0.915. The summed E-state index contributed by atoms with van der Waals surface area (Å²) in [4.78, 5) is 23.5. The fraction of sp³-hybridized carbons (Fsp3) is 0.333. The van der Waals surface area contributed by atoms with Gasteiger partial charge in [-0.05, 0) is 18.4 Å². The Bertz CT molecular complexity index is 667. The van der Waals surface area contributed by atoms with Crippen molar-refractivity contribution in [3.63, 3.8) is 0 Å². The molecule has 0 spiro atoms. The molecule has 1 aliphatic rings. The molecular weight excluding hydrogens is 300 g/mol. The van der Waals surface area contributed by atoms with Gasteiger partial charge in [0.15, 0.2) is 0 Å². The Morgan fingerprint density at radius 2 is 1.91 bits per heavy atom. The number of nitrogens with one attached hydrogen (secondary N) is 2. The predicted octanol–water partition coefficient (Wildman–Crippen LogP) is 1.71. The SMILES string of the molecule is O=C(Cc1ccccc1)NCC(=O)Nc1nnc(C2CC2)s1. The molecule has 0 aliphatic heterocycles. The standard InChI is InChI=1S/C15H16N4O2S/c20-12(8-10-4-2-1-3-5-10)16-9-13(21)17-15-19-18-14(22-15)11-6-7-11/h1-5,11H,6-9H2,(H,16,20)(H,17,19,21). The Morgan fingerprint density at radius 1 is 1.14 bits per heavy atom. The van der Waals surface area contributed by atoms with Crippen molar-refractivity contribution in [2.75, 3.05) is 11.9 Å². The average molecular weight is 316 g/mol. The number of carbonyl (C=O) groups is 2. The van der Waals surface area contributed by atoms with E-state index < -0.39 is 0 Å². The molecule has 1 aliphatic carbocycles. The van der Waals surface area contributed by atoms with E-state index in [1.807, 2.05) is 30.3 Å². The van der Waals surface area contributed by atoms with Crippen LogP contribution >= 0.6 is 11.3 Å². The molecule has 0 radical (unpaired) electrons. The molecule has 1 fully saturated rings. The number of anilines is 1. The van der Waals surface area contributed by atoms with Gasteiger partial charge in [0, 0.05) is 5.92 Å². The Morgan fingerprint density at radius 3 is 2.64 bits per heavy atom. The van der Waals surface area contributed by atoms with Crippen molar-refractivity contribution in [2.24, 2.45) is 0 Å². The van der Waals surface area contributed by atoms with Crippen LogP contribution < -0.4 is 10.6 Å². The van der Waals surface area contributed by atoms with Gasteiger partial charge < -0.3 is 5.32 Å². The van der Waals surface area contributed by atoms with Crippen LogP contribution in [-0.2, 0) is 16.0 Å². The van der Waals surface area contributed by atoms with E-state index in [9.17, 15) is 9.59 Å². The number of carbonyl (C=O) groups excluding carboxylic acids is 2. The van der Waals surface area contributed by atoms with Gasteiger partial charge in [0.2, 0.25) is 16.9 Å². The molecule has 1 aromatic heterocycles. The Balaban J connectivity index is 1.42. The van der Waals surface area contributed by atoms with Gasteiger partial charge >= 0.3 is 0 Å². The molecule has 1 saturated carbocycles. The second-order valence-electron chi connectivity index (χ2n) is 5.21. The summed E-state index contributed by atoms with van der Waals surface area (Å²) in [7, 11) is 0. The third-order valence-corrected chi connectivity index (χ3v) is 4.27. The van der Waals surface area contributed by atoms with E-state index in [0.717, 1.165) is 23.4 Å². The van der Waals surface area contributed by atoms with Crippen LogP contribution in [0.4, 0.5) is 5.13 Å². The first-order valence-corrected chi connectivity index (χ1v) is 7.96. The average Bonchev–Trinajstić information content (AvgIpc) is 3.27. The summed E-state index contributed by atoms with van der Waals surface area (Å²) in [6.07, 6.45) is 2.56. The molecule has 2 N–H and O–H groups in total. The van der Waals surface area contributed by atoms with Crippen molar-refractivity contribution in [3.05, 3.63) is 40.9 Å². The molecule has 3 rings (SSSR count). The van der Waals surface area contributed by atoms with E-state index >= 15 is 0 Å². The van der Waals surface area contributed by atoms with Crippen LogP contribution in [0.5, 0.6) is 0 Å². The lowest BCUT2D eigenvalue weighted by atomic mass is 10.1. The van der Waals surface area contributed by atoms with E-state index in [1.54, 1.807) is 0 Å². The molecule has 0 bridgehead atoms.